The van der Waals surface area contributed by atoms with E-state index in [0.29, 0.717) is 52.2 Å². The fourth-order valence-electron chi connectivity index (χ4n) is 3.77. The second-order valence-corrected chi connectivity index (χ2v) is 9.42. The van der Waals surface area contributed by atoms with Gasteiger partial charge in [0.1, 0.15) is 17.2 Å². The second-order valence-electron chi connectivity index (χ2n) is 8.56. The van der Waals surface area contributed by atoms with Gasteiger partial charge in [0, 0.05) is 42.7 Å². The van der Waals surface area contributed by atoms with Crippen molar-refractivity contribution in [3.63, 3.8) is 0 Å². The van der Waals surface area contributed by atoms with Crippen LogP contribution in [0.5, 0.6) is 17.2 Å². The largest absolute Gasteiger partial charge is 0.493 e. The fraction of sp³-hybridized carbons (Fsp3) is 0.308. The van der Waals surface area contributed by atoms with Crippen molar-refractivity contribution in [2.75, 3.05) is 25.1 Å². The summed E-state index contributed by atoms with van der Waals surface area (Å²) in [4.78, 5) is 17.3. The van der Waals surface area contributed by atoms with E-state index in [4.69, 9.17) is 18.6 Å². The summed E-state index contributed by atoms with van der Waals surface area (Å²) in [5.74, 6) is 2.73. The van der Waals surface area contributed by atoms with Crippen molar-refractivity contribution >= 4 is 22.4 Å². The molecule has 3 heterocycles. The quantitative estimate of drug-likeness (QED) is 0.326. The van der Waals surface area contributed by atoms with Crippen LogP contribution in [0.2, 0.25) is 0 Å². The molecule has 0 atom stereocenters. The van der Waals surface area contributed by atoms with Gasteiger partial charge in [0.05, 0.1) is 12.3 Å². The standard InChI is InChI=1S/C26H26N4O5S/c1-16-15-36-26(27-16)28-24(31)20-11-22(33-14-18-7-9-32-10-8-18)13-23(12-20)35-21-5-3-19(4-6-21)25-30-29-17(2)34-25/h3-6,11-13,15,18H,7-10,14H2,1-2H3,(H,27,28,31). The van der Waals surface area contributed by atoms with Gasteiger partial charge in [-0.25, -0.2) is 4.98 Å². The zero-order valence-corrected chi connectivity index (χ0v) is 20.8. The number of benzene rings is 2. The molecule has 186 valence electrons. The number of ether oxygens (including phenoxy) is 3. The van der Waals surface area contributed by atoms with Crippen molar-refractivity contribution in [3.8, 4) is 28.7 Å². The Morgan fingerprint density at radius 1 is 1.06 bits per heavy atom. The van der Waals surface area contributed by atoms with E-state index in [1.54, 1.807) is 25.1 Å². The minimum atomic E-state index is -0.284. The summed E-state index contributed by atoms with van der Waals surface area (Å²) >= 11 is 1.38. The number of nitrogens with zero attached hydrogens (tertiary/aromatic N) is 3. The second kappa shape index (κ2) is 10.9. The molecule has 1 aliphatic rings. The van der Waals surface area contributed by atoms with Gasteiger partial charge >= 0.3 is 0 Å². The number of carbonyl (C=O) groups is 1. The number of rotatable bonds is 8. The number of thiazole rings is 1. The first-order chi connectivity index (χ1) is 17.5. The highest BCUT2D eigenvalue weighted by Gasteiger charge is 2.17. The van der Waals surface area contributed by atoms with Crippen molar-refractivity contribution in [2.24, 2.45) is 5.92 Å². The third-order valence-electron chi connectivity index (χ3n) is 5.67. The maximum atomic E-state index is 13.0. The first-order valence-corrected chi connectivity index (χ1v) is 12.6. The summed E-state index contributed by atoms with van der Waals surface area (Å²) in [5.41, 5.74) is 2.06. The number of nitrogens with one attached hydrogen (secondary N) is 1. The SMILES string of the molecule is Cc1csc(NC(=O)c2cc(OCC3CCOCC3)cc(Oc3ccc(-c4nnc(C)o4)cc3)c2)n1. The summed E-state index contributed by atoms with van der Waals surface area (Å²) in [5, 5.41) is 13.2. The monoisotopic (exact) mass is 506 g/mol. The van der Waals surface area contributed by atoms with Gasteiger partial charge in [0.25, 0.3) is 5.91 Å². The zero-order valence-electron chi connectivity index (χ0n) is 20.0. The molecule has 1 N–H and O–H groups in total. The van der Waals surface area contributed by atoms with Gasteiger partial charge in [0.2, 0.25) is 11.8 Å². The molecule has 0 unspecified atom stereocenters. The highest BCUT2D eigenvalue weighted by Crippen LogP contribution is 2.30. The highest BCUT2D eigenvalue weighted by molar-refractivity contribution is 7.13. The number of aryl methyl sites for hydroxylation is 2. The lowest BCUT2D eigenvalue weighted by Crippen LogP contribution is -2.21. The Kier molecular flexibility index (Phi) is 7.24. The molecule has 0 aliphatic carbocycles. The highest BCUT2D eigenvalue weighted by atomic mass is 32.1. The Morgan fingerprint density at radius 2 is 1.83 bits per heavy atom. The van der Waals surface area contributed by atoms with E-state index in [0.717, 1.165) is 37.3 Å². The third-order valence-corrected chi connectivity index (χ3v) is 6.55. The van der Waals surface area contributed by atoms with Crippen LogP contribution in [0.3, 0.4) is 0 Å². The molecule has 10 heteroatoms. The number of carbonyl (C=O) groups excluding carboxylic acids is 1. The number of hydrogen-bond acceptors (Lipinski definition) is 9. The lowest BCUT2D eigenvalue weighted by Gasteiger charge is -2.22. The van der Waals surface area contributed by atoms with Crippen molar-refractivity contribution < 1.29 is 23.4 Å². The molecule has 1 saturated heterocycles. The molecule has 0 spiro atoms. The fourth-order valence-corrected chi connectivity index (χ4v) is 4.45. The Balaban J connectivity index is 1.35. The predicted molar refractivity (Wildman–Crippen MR) is 135 cm³/mol. The molecular weight excluding hydrogens is 480 g/mol. The van der Waals surface area contributed by atoms with E-state index in [-0.39, 0.29) is 5.91 Å². The summed E-state index contributed by atoms with van der Waals surface area (Å²) in [6.07, 6.45) is 1.91. The van der Waals surface area contributed by atoms with Gasteiger partial charge in [-0.05, 0) is 62.1 Å². The Labute approximate surface area is 212 Å². The molecule has 1 aliphatic heterocycles. The van der Waals surface area contributed by atoms with Crippen LogP contribution in [0.1, 0.15) is 34.8 Å². The van der Waals surface area contributed by atoms with E-state index >= 15 is 0 Å². The van der Waals surface area contributed by atoms with Crippen LogP contribution in [-0.2, 0) is 4.74 Å². The molecule has 0 bridgehead atoms. The summed E-state index contributed by atoms with van der Waals surface area (Å²) < 4.78 is 23.1. The van der Waals surface area contributed by atoms with Crippen molar-refractivity contribution in [1.82, 2.24) is 15.2 Å². The smallest absolute Gasteiger partial charge is 0.257 e. The van der Waals surface area contributed by atoms with Crippen LogP contribution in [0.25, 0.3) is 11.5 Å². The number of hydrogen-bond donors (Lipinski definition) is 1. The summed E-state index contributed by atoms with van der Waals surface area (Å²) in [6, 6.07) is 12.5. The van der Waals surface area contributed by atoms with Crippen LogP contribution < -0.4 is 14.8 Å². The third kappa shape index (κ3) is 6.07. The minimum absolute atomic E-state index is 0.284. The minimum Gasteiger partial charge on any atom is -0.493 e. The maximum absolute atomic E-state index is 13.0. The molecule has 2 aromatic carbocycles. The molecule has 9 nitrogen and oxygen atoms in total. The van der Waals surface area contributed by atoms with Gasteiger partial charge in [-0.15, -0.1) is 21.5 Å². The molecule has 36 heavy (non-hydrogen) atoms. The lowest BCUT2D eigenvalue weighted by molar-refractivity contribution is 0.0497. The van der Waals surface area contributed by atoms with Crippen LogP contribution >= 0.6 is 11.3 Å². The number of anilines is 1. The number of aromatic nitrogens is 3. The van der Waals surface area contributed by atoms with Crippen molar-refractivity contribution in [2.45, 2.75) is 26.7 Å². The average molecular weight is 507 g/mol. The van der Waals surface area contributed by atoms with Gasteiger partial charge in [0.15, 0.2) is 5.13 Å². The summed E-state index contributed by atoms with van der Waals surface area (Å²) in [7, 11) is 0. The van der Waals surface area contributed by atoms with Gasteiger partial charge in [-0.1, -0.05) is 0 Å². The van der Waals surface area contributed by atoms with Crippen LogP contribution in [0.4, 0.5) is 5.13 Å². The van der Waals surface area contributed by atoms with Crippen LogP contribution in [0.15, 0.2) is 52.3 Å². The molecule has 0 radical (unpaired) electrons. The first kappa shape index (κ1) is 24.0. The van der Waals surface area contributed by atoms with Crippen LogP contribution in [0, 0.1) is 19.8 Å². The Bertz CT molecular complexity index is 1330. The van der Waals surface area contributed by atoms with Crippen molar-refractivity contribution in [1.29, 1.82) is 0 Å². The molecule has 0 saturated carbocycles. The molecule has 5 rings (SSSR count). The van der Waals surface area contributed by atoms with Gasteiger partial charge in [-0.2, -0.15) is 0 Å². The van der Waals surface area contributed by atoms with E-state index in [1.807, 2.05) is 36.6 Å². The zero-order chi connectivity index (χ0) is 24.9. The molecule has 2 aromatic heterocycles. The van der Waals surface area contributed by atoms with Crippen molar-refractivity contribution in [3.05, 3.63) is 65.0 Å². The van der Waals surface area contributed by atoms with Gasteiger partial charge < -0.3 is 18.6 Å². The van der Waals surface area contributed by atoms with E-state index in [2.05, 4.69) is 20.5 Å². The first-order valence-electron chi connectivity index (χ1n) is 11.7. The topological polar surface area (TPSA) is 109 Å². The Morgan fingerprint density at radius 3 is 2.53 bits per heavy atom. The van der Waals surface area contributed by atoms with Crippen LogP contribution in [-0.4, -0.2) is 40.9 Å². The van der Waals surface area contributed by atoms with E-state index < -0.39 is 0 Å². The average Bonchev–Trinajstić information content (AvgIpc) is 3.51. The Hall–Kier alpha value is -3.76. The molecular formula is C26H26N4O5S. The van der Waals surface area contributed by atoms with Gasteiger partial charge in [-0.3, -0.25) is 10.1 Å². The molecule has 1 fully saturated rings. The lowest BCUT2D eigenvalue weighted by atomic mass is 10.0. The maximum Gasteiger partial charge on any atom is 0.257 e. The van der Waals surface area contributed by atoms with E-state index in [9.17, 15) is 4.79 Å². The van der Waals surface area contributed by atoms with E-state index in [1.165, 1.54) is 11.3 Å². The normalized spacial score (nSPS) is 13.9. The predicted octanol–water partition coefficient (Wildman–Crippen LogP) is 5.66. The molecule has 4 aromatic rings. The summed E-state index contributed by atoms with van der Waals surface area (Å²) in [6.45, 7) is 5.68. The number of amides is 1. The molecule has 1 amide bonds.